The largest absolute Gasteiger partial charge is 0.366 e. The van der Waals surface area contributed by atoms with Gasteiger partial charge in [-0.2, -0.15) is 5.26 Å². The first-order valence-corrected chi connectivity index (χ1v) is 10.7. The van der Waals surface area contributed by atoms with E-state index >= 15 is 0 Å². The molecular formula is C24H27FN6O. The average Bonchev–Trinajstić information content (AvgIpc) is 3.22. The molecule has 4 rings (SSSR count). The second-order valence-electron chi connectivity index (χ2n) is 8.35. The molecule has 32 heavy (non-hydrogen) atoms. The van der Waals surface area contributed by atoms with Crippen LogP contribution in [-0.4, -0.2) is 40.6 Å². The number of amides is 1. The molecule has 2 aromatic carbocycles. The van der Waals surface area contributed by atoms with E-state index in [0.717, 1.165) is 32.5 Å². The van der Waals surface area contributed by atoms with Crippen molar-refractivity contribution in [3.05, 3.63) is 77.8 Å². The molecule has 2 aliphatic rings. The fourth-order valence-corrected chi connectivity index (χ4v) is 4.38. The van der Waals surface area contributed by atoms with Crippen LogP contribution >= 0.6 is 0 Å². The molecule has 1 amide bonds. The molecule has 0 aliphatic carbocycles. The minimum Gasteiger partial charge on any atom is -0.366 e. The molecule has 4 N–H and O–H groups in total. The first-order valence-electron chi connectivity index (χ1n) is 10.7. The highest BCUT2D eigenvalue weighted by molar-refractivity contribution is 5.94. The quantitative estimate of drug-likeness (QED) is 0.620. The van der Waals surface area contributed by atoms with Gasteiger partial charge in [0.2, 0.25) is 5.91 Å². The van der Waals surface area contributed by atoms with Crippen molar-refractivity contribution < 1.29 is 9.18 Å². The summed E-state index contributed by atoms with van der Waals surface area (Å²) in [5, 5.41) is 14.6. The van der Waals surface area contributed by atoms with Gasteiger partial charge in [0.25, 0.3) is 0 Å². The number of nitriles is 1. The van der Waals surface area contributed by atoms with Gasteiger partial charge in [-0.3, -0.25) is 9.69 Å². The third-order valence-corrected chi connectivity index (χ3v) is 6.24. The molecule has 0 radical (unpaired) electrons. The maximum absolute atomic E-state index is 13.2. The highest BCUT2D eigenvalue weighted by Crippen LogP contribution is 2.35. The maximum atomic E-state index is 13.2. The summed E-state index contributed by atoms with van der Waals surface area (Å²) < 4.78 is 13.2. The van der Waals surface area contributed by atoms with Crippen molar-refractivity contribution in [2.24, 2.45) is 5.73 Å². The van der Waals surface area contributed by atoms with Crippen molar-refractivity contribution in [1.29, 1.82) is 5.26 Å². The Morgan fingerprint density at radius 3 is 2.50 bits per heavy atom. The minimum atomic E-state index is -0.559. The Kier molecular flexibility index (Phi) is 6.40. The number of benzene rings is 2. The van der Waals surface area contributed by atoms with Gasteiger partial charge in [0.15, 0.2) is 0 Å². The van der Waals surface area contributed by atoms with Crippen molar-refractivity contribution in [2.75, 3.05) is 18.4 Å². The number of hydrogen-bond acceptors (Lipinski definition) is 6. The van der Waals surface area contributed by atoms with Gasteiger partial charge in [-0.15, -0.1) is 0 Å². The number of carbonyl (C=O) groups is 1. The van der Waals surface area contributed by atoms with E-state index in [4.69, 9.17) is 5.73 Å². The molecular weight excluding hydrogens is 407 g/mol. The summed E-state index contributed by atoms with van der Waals surface area (Å²) in [7, 11) is 0. The Labute approximate surface area is 187 Å². The van der Waals surface area contributed by atoms with Crippen molar-refractivity contribution in [3.63, 3.8) is 0 Å². The number of nitrogens with one attached hydrogen (secondary N) is 2. The lowest BCUT2D eigenvalue weighted by atomic mass is 9.84. The van der Waals surface area contributed by atoms with Gasteiger partial charge >= 0.3 is 0 Å². The first kappa shape index (κ1) is 21.8. The number of hydrogen-bond donors (Lipinski definition) is 3. The van der Waals surface area contributed by atoms with Gasteiger partial charge in [-0.25, -0.2) is 9.82 Å². The average molecular weight is 435 g/mol. The van der Waals surface area contributed by atoms with E-state index in [-0.39, 0.29) is 5.82 Å². The van der Waals surface area contributed by atoms with Crippen LogP contribution < -0.4 is 16.5 Å². The molecule has 1 fully saturated rings. The van der Waals surface area contributed by atoms with Crippen LogP contribution in [0.1, 0.15) is 24.8 Å². The van der Waals surface area contributed by atoms with Gasteiger partial charge in [0, 0.05) is 31.5 Å². The second kappa shape index (κ2) is 9.39. The zero-order valence-corrected chi connectivity index (χ0v) is 17.8. The molecule has 0 saturated carbocycles. The number of primary amides is 1. The Hall–Kier alpha value is -3.41. The zero-order valence-electron chi connectivity index (χ0n) is 17.8. The van der Waals surface area contributed by atoms with E-state index in [9.17, 15) is 14.4 Å². The SMILES string of the molecule is N#CCC1(N2C=C(C(N)=O)C(Nc3ccc(F)cc3)N2)CCN(Cc2ccccc2)CC1. The molecule has 0 aromatic heterocycles. The van der Waals surface area contributed by atoms with E-state index in [1.165, 1.54) is 17.7 Å². The lowest BCUT2D eigenvalue weighted by Gasteiger charge is -2.46. The fourth-order valence-electron chi connectivity index (χ4n) is 4.38. The highest BCUT2D eigenvalue weighted by atomic mass is 19.1. The summed E-state index contributed by atoms with van der Waals surface area (Å²) in [4.78, 5) is 14.5. The van der Waals surface area contributed by atoms with Crippen molar-refractivity contribution >= 4 is 11.6 Å². The number of anilines is 1. The number of likely N-dealkylation sites (tertiary alicyclic amines) is 1. The maximum Gasteiger partial charge on any atom is 0.249 e. The fraction of sp³-hybridized carbons (Fsp3) is 0.333. The Morgan fingerprint density at radius 2 is 1.88 bits per heavy atom. The number of nitrogens with two attached hydrogens (primary N) is 1. The van der Waals surface area contributed by atoms with Crippen LogP contribution in [0.4, 0.5) is 10.1 Å². The molecule has 7 nitrogen and oxygen atoms in total. The number of carbonyl (C=O) groups excluding carboxylic acids is 1. The Balaban J connectivity index is 1.47. The lowest BCUT2D eigenvalue weighted by molar-refractivity contribution is -0.114. The molecule has 8 heteroatoms. The normalized spacial score (nSPS) is 20.4. The molecule has 166 valence electrons. The lowest BCUT2D eigenvalue weighted by Crippen LogP contribution is -2.58. The van der Waals surface area contributed by atoms with Crippen LogP contribution in [0.3, 0.4) is 0 Å². The standard InChI is InChI=1S/C24H27FN6O/c25-19-6-8-20(9-7-19)28-23-21(22(27)32)17-31(29-23)24(10-13-26)11-14-30(15-12-24)16-18-4-2-1-3-5-18/h1-9,17,23,28-29H,10-12,14-16H2,(H2,27,32). The summed E-state index contributed by atoms with van der Waals surface area (Å²) in [6.07, 6.45) is 3.02. The third kappa shape index (κ3) is 4.74. The molecule has 0 spiro atoms. The summed E-state index contributed by atoms with van der Waals surface area (Å²) >= 11 is 0. The zero-order chi connectivity index (χ0) is 22.6. The summed E-state index contributed by atoms with van der Waals surface area (Å²) in [5.41, 5.74) is 10.8. The first-order chi connectivity index (χ1) is 15.5. The van der Waals surface area contributed by atoms with Crippen LogP contribution in [-0.2, 0) is 11.3 Å². The van der Waals surface area contributed by atoms with E-state index in [2.05, 4.69) is 33.8 Å². The van der Waals surface area contributed by atoms with Crippen molar-refractivity contribution in [2.45, 2.75) is 37.5 Å². The molecule has 0 bridgehead atoms. The predicted octanol–water partition coefficient (Wildman–Crippen LogP) is 2.70. The number of nitrogens with zero attached hydrogens (tertiary/aromatic N) is 3. The smallest absolute Gasteiger partial charge is 0.249 e. The Morgan fingerprint density at radius 1 is 1.19 bits per heavy atom. The Bertz CT molecular complexity index is 1010. The van der Waals surface area contributed by atoms with E-state index in [1.54, 1.807) is 18.3 Å². The third-order valence-electron chi connectivity index (χ3n) is 6.24. The van der Waals surface area contributed by atoms with Gasteiger partial charge in [0.05, 0.1) is 23.6 Å². The van der Waals surface area contributed by atoms with Crippen molar-refractivity contribution in [1.82, 2.24) is 15.3 Å². The highest BCUT2D eigenvalue weighted by Gasteiger charge is 2.43. The number of rotatable bonds is 7. The molecule has 2 heterocycles. The van der Waals surface area contributed by atoms with E-state index in [0.29, 0.717) is 17.7 Å². The minimum absolute atomic E-state index is 0.324. The summed E-state index contributed by atoms with van der Waals surface area (Å²) in [6, 6.07) is 18.6. The second-order valence-corrected chi connectivity index (χ2v) is 8.35. The predicted molar refractivity (Wildman–Crippen MR) is 120 cm³/mol. The van der Waals surface area contributed by atoms with Crippen LogP contribution in [0.25, 0.3) is 0 Å². The summed E-state index contributed by atoms with van der Waals surface area (Å²) in [5.74, 6) is -0.884. The number of hydrazine groups is 1. The van der Waals surface area contributed by atoms with Gasteiger partial charge in [-0.1, -0.05) is 30.3 Å². The molecule has 2 aromatic rings. The monoisotopic (exact) mass is 434 g/mol. The van der Waals surface area contributed by atoms with Crippen LogP contribution in [0, 0.1) is 17.1 Å². The molecule has 1 atom stereocenters. The van der Waals surface area contributed by atoms with E-state index in [1.807, 2.05) is 23.2 Å². The van der Waals surface area contributed by atoms with Gasteiger partial charge < -0.3 is 16.1 Å². The van der Waals surface area contributed by atoms with Crippen LogP contribution in [0.15, 0.2) is 66.4 Å². The van der Waals surface area contributed by atoms with Crippen molar-refractivity contribution in [3.8, 4) is 6.07 Å². The van der Waals surface area contributed by atoms with Gasteiger partial charge in [0.1, 0.15) is 12.0 Å². The topological polar surface area (TPSA) is 97.4 Å². The van der Waals surface area contributed by atoms with Crippen LogP contribution in [0.5, 0.6) is 0 Å². The molecule has 1 unspecified atom stereocenters. The van der Waals surface area contributed by atoms with E-state index < -0.39 is 17.6 Å². The number of halogens is 1. The number of piperidine rings is 1. The molecule has 1 saturated heterocycles. The molecule has 2 aliphatic heterocycles. The summed E-state index contributed by atoms with van der Waals surface area (Å²) in [6.45, 7) is 2.54. The van der Waals surface area contributed by atoms with Gasteiger partial charge in [-0.05, 0) is 42.7 Å². The van der Waals surface area contributed by atoms with Crippen LogP contribution in [0.2, 0.25) is 0 Å².